The number of nitrogens with two attached hydrogens (primary N) is 1. The highest BCUT2D eigenvalue weighted by Crippen LogP contribution is 2.16. The smallest absolute Gasteiger partial charge is 0.272 e. The van der Waals surface area contributed by atoms with Gasteiger partial charge in [0.2, 0.25) is 5.91 Å². The number of rotatable bonds is 4. The molecule has 7 heteroatoms. The number of hydrogen-bond acceptors (Lipinski definition) is 4. The lowest BCUT2D eigenvalue weighted by Gasteiger charge is -2.12. The Morgan fingerprint density at radius 2 is 2.11 bits per heavy atom. The maximum absolute atomic E-state index is 12.0. The summed E-state index contributed by atoms with van der Waals surface area (Å²) in [5, 5.41) is 9.19. The Kier molecular flexibility index (Phi) is 4.30. The molecular weight excluding hydrogens is 234 g/mol. The molecule has 18 heavy (non-hydrogen) atoms. The van der Waals surface area contributed by atoms with Crippen molar-refractivity contribution in [3.63, 3.8) is 0 Å². The first-order chi connectivity index (χ1) is 8.42. The van der Waals surface area contributed by atoms with E-state index in [2.05, 4.69) is 15.7 Å². The van der Waals surface area contributed by atoms with Crippen LogP contribution in [0.1, 0.15) is 30.0 Å². The van der Waals surface area contributed by atoms with Crippen LogP contribution in [0, 0.1) is 0 Å². The van der Waals surface area contributed by atoms with Gasteiger partial charge in [0, 0.05) is 14.1 Å². The van der Waals surface area contributed by atoms with Crippen molar-refractivity contribution in [2.75, 3.05) is 12.8 Å². The van der Waals surface area contributed by atoms with Gasteiger partial charge >= 0.3 is 0 Å². The first kappa shape index (κ1) is 14.0. The molecule has 0 aliphatic heterocycles. The number of nitrogens with one attached hydrogen (secondary N) is 2. The van der Waals surface area contributed by atoms with E-state index in [9.17, 15) is 9.59 Å². The third-order valence-electron chi connectivity index (χ3n) is 2.70. The normalized spacial score (nSPS) is 12.0. The van der Waals surface area contributed by atoms with Crippen LogP contribution >= 0.6 is 0 Å². The van der Waals surface area contributed by atoms with Gasteiger partial charge in [0.05, 0.1) is 11.4 Å². The minimum atomic E-state index is -0.623. The topological polar surface area (TPSA) is 102 Å². The largest absolute Gasteiger partial charge is 0.395 e. The van der Waals surface area contributed by atoms with Gasteiger partial charge in [-0.25, -0.2) is 0 Å². The average molecular weight is 253 g/mol. The molecule has 1 atom stereocenters. The molecule has 100 valence electrons. The van der Waals surface area contributed by atoms with Crippen molar-refractivity contribution in [3.8, 4) is 0 Å². The summed E-state index contributed by atoms with van der Waals surface area (Å²) in [7, 11) is 3.16. The molecule has 0 radical (unpaired) electrons. The lowest BCUT2D eigenvalue weighted by atomic mass is 10.2. The standard InChI is InChI=1S/C11H19N5O2/c1-5-7-8(12)9(16(4)15-7)11(18)14-6(2)10(17)13-3/h6H,5,12H2,1-4H3,(H,13,17)(H,14,18). The van der Waals surface area contributed by atoms with Crippen molar-refractivity contribution in [2.24, 2.45) is 7.05 Å². The Morgan fingerprint density at radius 3 is 2.56 bits per heavy atom. The molecular formula is C11H19N5O2. The quantitative estimate of drug-likeness (QED) is 0.668. The lowest BCUT2D eigenvalue weighted by Crippen LogP contribution is -2.44. The molecule has 0 aromatic carbocycles. The molecule has 0 saturated carbocycles. The van der Waals surface area contributed by atoms with E-state index < -0.39 is 11.9 Å². The Hall–Kier alpha value is -2.05. The fourth-order valence-corrected chi connectivity index (χ4v) is 1.67. The summed E-state index contributed by atoms with van der Waals surface area (Å²) in [6.07, 6.45) is 0.651. The van der Waals surface area contributed by atoms with Gasteiger partial charge in [-0.3, -0.25) is 14.3 Å². The highest BCUT2D eigenvalue weighted by atomic mass is 16.2. The third-order valence-corrected chi connectivity index (χ3v) is 2.70. The summed E-state index contributed by atoms with van der Waals surface area (Å²) >= 11 is 0. The Labute approximate surface area is 106 Å². The molecule has 0 aliphatic rings. The predicted octanol–water partition coefficient (Wildman–Crippen LogP) is -0.571. The Morgan fingerprint density at radius 1 is 1.50 bits per heavy atom. The monoisotopic (exact) mass is 253 g/mol. The van der Waals surface area contributed by atoms with Crippen LogP contribution in [0.15, 0.2) is 0 Å². The van der Waals surface area contributed by atoms with Crippen molar-refractivity contribution in [3.05, 3.63) is 11.4 Å². The number of nitrogens with zero attached hydrogens (tertiary/aromatic N) is 2. The van der Waals surface area contributed by atoms with Crippen molar-refractivity contribution in [1.29, 1.82) is 0 Å². The molecule has 1 unspecified atom stereocenters. The van der Waals surface area contributed by atoms with Crippen LogP contribution in [-0.4, -0.2) is 34.7 Å². The van der Waals surface area contributed by atoms with Gasteiger partial charge in [0.1, 0.15) is 11.7 Å². The van der Waals surface area contributed by atoms with E-state index in [1.54, 1.807) is 14.0 Å². The zero-order valence-corrected chi connectivity index (χ0v) is 11.1. The lowest BCUT2D eigenvalue weighted by molar-refractivity contribution is -0.122. The molecule has 0 spiro atoms. The van der Waals surface area contributed by atoms with Gasteiger partial charge in [-0.1, -0.05) is 6.92 Å². The Balaban J connectivity index is 2.91. The number of carbonyl (C=O) groups is 2. The van der Waals surface area contributed by atoms with E-state index in [1.807, 2.05) is 6.92 Å². The summed E-state index contributed by atoms with van der Waals surface area (Å²) in [5.74, 6) is -0.668. The zero-order valence-electron chi connectivity index (χ0n) is 11.1. The van der Waals surface area contributed by atoms with Gasteiger partial charge in [-0.15, -0.1) is 0 Å². The number of carbonyl (C=O) groups excluding carboxylic acids is 2. The van der Waals surface area contributed by atoms with Crippen LogP contribution in [0.3, 0.4) is 0 Å². The number of aryl methyl sites for hydroxylation is 2. The van der Waals surface area contributed by atoms with Crippen LogP contribution < -0.4 is 16.4 Å². The van der Waals surface area contributed by atoms with Gasteiger partial charge in [0.15, 0.2) is 0 Å². The molecule has 4 N–H and O–H groups in total. The summed E-state index contributed by atoms with van der Waals surface area (Å²) in [6, 6.07) is -0.623. The van der Waals surface area contributed by atoms with E-state index >= 15 is 0 Å². The van der Waals surface area contributed by atoms with E-state index in [0.29, 0.717) is 17.8 Å². The predicted molar refractivity (Wildman–Crippen MR) is 68.0 cm³/mol. The minimum absolute atomic E-state index is 0.264. The molecule has 7 nitrogen and oxygen atoms in total. The maximum atomic E-state index is 12.0. The van der Waals surface area contributed by atoms with E-state index in [0.717, 1.165) is 0 Å². The average Bonchev–Trinajstić information content (AvgIpc) is 2.62. The number of aromatic nitrogens is 2. The van der Waals surface area contributed by atoms with Crippen molar-refractivity contribution in [1.82, 2.24) is 20.4 Å². The van der Waals surface area contributed by atoms with E-state index in [1.165, 1.54) is 11.7 Å². The van der Waals surface area contributed by atoms with Gasteiger partial charge < -0.3 is 16.4 Å². The van der Waals surface area contributed by atoms with Crippen LogP contribution in [0.2, 0.25) is 0 Å². The molecule has 0 bridgehead atoms. The Bertz CT molecular complexity index is 466. The molecule has 1 heterocycles. The van der Waals surface area contributed by atoms with E-state index in [-0.39, 0.29) is 11.6 Å². The summed E-state index contributed by atoms with van der Waals surface area (Å²) in [4.78, 5) is 23.3. The van der Waals surface area contributed by atoms with Gasteiger partial charge in [-0.2, -0.15) is 5.10 Å². The second kappa shape index (κ2) is 5.52. The molecule has 0 saturated heterocycles. The van der Waals surface area contributed by atoms with Gasteiger partial charge in [0.25, 0.3) is 5.91 Å². The van der Waals surface area contributed by atoms with Crippen molar-refractivity contribution in [2.45, 2.75) is 26.3 Å². The number of likely N-dealkylation sites (N-methyl/N-ethyl adjacent to an activating group) is 1. The van der Waals surface area contributed by atoms with Crippen LogP contribution in [0.25, 0.3) is 0 Å². The van der Waals surface area contributed by atoms with Crippen molar-refractivity contribution >= 4 is 17.5 Å². The molecule has 2 amide bonds. The minimum Gasteiger partial charge on any atom is -0.395 e. The second-order valence-corrected chi connectivity index (χ2v) is 4.00. The molecule has 1 rings (SSSR count). The second-order valence-electron chi connectivity index (χ2n) is 4.00. The SMILES string of the molecule is CCc1nn(C)c(C(=O)NC(C)C(=O)NC)c1N. The van der Waals surface area contributed by atoms with Crippen LogP contribution in [0.5, 0.6) is 0 Å². The zero-order chi connectivity index (χ0) is 13.9. The summed E-state index contributed by atoms with van der Waals surface area (Å²) < 4.78 is 1.43. The van der Waals surface area contributed by atoms with Crippen LogP contribution in [-0.2, 0) is 18.3 Å². The third kappa shape index (κ3) is 2.61. The summed E-state index contributed by atoms with van der Waals surface area (Å²) in [5.41, 5.74) is 7.17. The molecule has 0 fully saturated rings. The first-order valence-electron chi connectivity index (χ1n) is 5.76. The van der Waals surface area contributed by atoms with Crippen LogP contribution in [0.4, 0.5) is 5.69 Å². The number of amides is 2. The molecule has 1 aromatic heterocycles. The maximum Gasteiger partial charge on any atom is 0.272 e. The molecule has 0 aliphatic carbocycles. The fraction of sp³-hybridized carbons (Fsp3) is 0.545. The fourth-order valence-electron chi connectivity index (χ4n) is 1.67. The van der Waals surface area contributed by atoms with Crippen molar-refractivity contribution < 1.29 is 9.59 Å². The highest BCUT2D eigenvalue weighted by Gasteiger charge is 2.22. The van der Waals surface area contributed by atoms with E-state index in [4.69, 9.17) is 5.73 Å². The molecule has 1 aromatic rings. The van der Waals surface area contributed by atoms with Gasteiger partial charge in [-0.05, 0) is 13.3 Å². The first-order valence-corrected chi connectivity index (χ1v) is 5.76. The highest BCUT2D eigenvalue weighted by molar-refractivity contribution is 6.00. The number of anilines is 1. The number of nitrogen functional groups attached to an aromatic ring is 1. The number of hydrogen-bond donors (Lipinski definition) is 3. The summed E-state index contributed by atoms with van der Waals surface area (Å²) in [6.45, 7) is 3.51.